The van der Waals surface area contributed by atoms with E-state index in [9.17, 15) is 0 Å². The van der Waals surface area contributed by atoms with E-state index >= 15 is 0 Å². The van der Waals surface area contributed by atoms with E-state index in [0.29, 0.717) is 0 Å². The zero-order valence-corrected chi connectivity index (χ0v) is 6.22. The van der Waals surface area contributed by atoms with E-state index in [0.717, 1.165) is 24.8 Å². The molecule has 0 N–H and O–H groups in total. The number of rotatable bonds is 1. The number of hydrogen-bond donors (Lipinski definition) is 0. The molecule has 0 amide bonds. The average Bonchev–Trinajstić information content (AvgIpc) is 2.04. The van der Waals surface area contributed by atoms with E-state index in [1.807, 2.05) is 0 Å². The normalized spacial score (nSPS) is 17.2. The van der Waals surface area contributed by atoms with Crippen molar-refractivity contribution in [2.45, 2.75) is 26.2 Å². The standard InChI is InChI=1S/C9H11N/c1-2-8-5-3-4-6-9(8)7-10/h3,5H,2,4,6H2,1H3. The van der Waals surface area contributed by atoms with Gasteiger partial charge in [-0.05, 0) is 24.8 Å². The number of hydrogen-bond acceptors (Lipinski definition) is 1. The third-order valence-electron chi connectivity index (χ3n) is 1.78. The van der Waals surface area contributed by atoms with Crippen LogP contribution in [0.3, 0.4) is 0 Å². The summed E-state index contributed by atoms with van der Waals surface area (Å²) in [4.78, 5) is 0. The van der Waals surface area contributed by atoms with Gasteiger partial charge in [0.15, 0.2) is 0 Å². The summed E-state index contributed by atoms with van der Waals surface area (Å²) in [5.74, 6) is 0. The lowest BCUT2D eigenvalue weighted by molar-refractivity contribution is 0.944. The smallest absolute Gasteiger partial charge is 0.0950 e. The van der Waals surface area contributed by atoms with Crippen molar-refractivity contribution in [3.63, 3.8) is 0 Å². The van der Waals surface area contributed by atoms with Crippen LogP contribution in [0.4, 0.5) is 0 Å². The molecule has 0 radical (unpaired) electrons. The van der Waals surface area contributed by atoms with Gasteiger partial charge in [-0.15, -0.1) is 0 Å². The SMILES string of the molecule is CCC1=C(C#N)CCC=C1. The van der Waals surface area contributed by atoms with Crippen molar-refractivity contribution in [1.29, 1.82) is 5.26 Å². The van der Waals surface area contributed by atoms with Crippen LogP contribution >= 0.6 is 0 Å². The minimum atomic E-state index is 0.941. The maximum Gasteiger partial charge on any atom is 0.0950 e. The van der Waals surface area contributed by atoms with Crippen LogP contribution < -0.4 is 0 Å². The molecular weight excluding hydrogens is 122 g/mol. The lowest BCUT2D eigenvalue weighted by Gasteiger charge is -2.06. The van der Waals surface area contributed by atoms with Crippen LogP contribution in [0, 0.1) is 11.3 Å². The van der Waals surface area contributed by atoms with Gasteiger partial charge in [-0.3, -0.25) is 0 Å². The van der Waals surface area contributed by atoms with Crippen LogP contribution in [0.25, 0.3) is 0 Å². The van der Waals surface area contributed by atoms with Crippen LogP contribution in [0.15, 0.2) is 23.3 Å². The van der Waals surface area contributed by atoms with Gasteiger partial charge in [0.1, 0.15) is 0 Å². The molecule has 0 aromatic carbocycles. The Balaban J connectivity index is 2.87. The van der Waals surface area contributed by atoms with Crippen molar-refractivity contribution in [2.24, 2.45) is 0 Å². The Morgan fingerprint density at radius 3 is 3.00 bits per heavy atom. The van der Waals surface area contributed by atoms with Gasteiger partial charge in [-0.1, -0.05) is 19.1 Å². The molecule has 0 unspecified atom stereocenters. The fourth-order valence-electron chi connectivity index (χ4n) is 1.17. The van der Waals surface area contributed by atoms with Crippen molar-refractivity contribution < 1.29 is 0 Å². The molecule has 0 aromatic heterocycles. The second-order valence-corrected chi connectivity index (χ2v) is 2.41. The van der Waals surface area contributed by atoms with Crippen molar-refractivity contribution in [3.05, 3.63) is 23.3 Å². The molecule has 52 valence electrons. The van der Waals surface area contributed by atoms with Crippen LogP contribution in [-0.4, -0.2) is 0 Å². The van der Waals surface area contributed by atoms with Crippen LogP contribution in [0.1, 0.15) is 26.2 Å². The summed E-state index contributed by atoms with van der Waals surface area (Å²) in [6.45, 7) is 2.09. The van der Waals surface area contributed by atoms with Gasteiger partial charge in [0, 0.05) is 5.57 Å². The van der Waals surface area contributed by atoms with Crippen LogP contribution in [0.5, 0.6) is 0 Å². The Kier molecular flexibility index (Phi) is 2.28. The first-order valence-electron chi connectivity index (χ1n) is 3.67. The lowest BCUT2D eigenvalue weighted by Crippen LogP contribution is -1.90. The summed E-state index contributed by atoms with van der Waals surface area (Å²) in [5.41, 5.74) is 2.19. The quantitative estimate of drug-likeness (QED) is 0.539. The number of nitriles is 1. The molecule has 0 fully saturated rings. The molecule has 0 spiro atoms. The van der Waals surface area contributed by atoms with Crippen molar-refractivity contribution in [2.75, 3.05) is 0 Å². The Morgan fingerprint density at radius 1 is 1.70 bits per heavy atom. The molecule has 0 saturated carbocycles. The summed E-state index contributed by atoms with van der Waals surface area (Å²) in [5, 5.41) is 8.65. The number of nitrogens with zero attached hydrogens (tertiary/aromatic N) is 1. The zero-order chi connectivity index (χ0) is 7.40. The molecule has 0 heterocycles. The summed E-state index contributed by atoms with van der Waals surface area (Å²) < 4.78 is 0. The molecule has 0 saturated heterocycles. The summed E-state index contributed by atoms with van der Waals surface area (Å²) in [6, 6.07) is 2.23. The molecular formula is C9H11N. The van der Waals surface area contributed by atoms with E-state index in [4.69, 9.17) is 5.26 Å². The van der Waals surface area contributed by atoms with E-state index in [2.05, 4.69) is 25.1 Å². The molecule has 0 atom stereocenters. The highest BCUT2D eigenvalue weighted by molar-refractivity contribution is 5.37. The van der Waals surface area contributed by atoms with Crippen LogP contribution in [0.2, 0.25) is 0 Å². The molecule has 10 heavy (non-hydrogen) atoms. The van der Waals surface area contributed by atoms with E-state index < -0.39 is 0 Å². The van der Waals surface area contributed by atoms with Gasteiger partial charge in [0.05, 0.1) is 6.07 Å². The van der Waals surface area contributed by atoms with Crippen molar-refractivity contribution in [1.82, 2.24) is 0 Å². The summed E-state index contributed by atoms with van der Waals surface area (Å²) in [6.07, 6.45) is 7.17. The third-order valence-corrected chi connectivity index (χ3v) is 1.78. The Morgan fingerprint density at radius 2 is 2.50 bits per heavy atom. The van der Waals surface area contributed by atoms with E-state index in [-0.39, 0.29) is 0 Å². The molecule has 0 bridgehead atoms. The lowest BCUT2D eigenvalue weighted by atomic mass is 9.97. The average molecular weight is 133 g/mol. The van der Waals surface area contributed by atoms with Crippen LogP contribution in [-0.2, 0) is 0 Å². The van der Waals surface area contributed by atoms with E-state index in [1.165, 1.54) is 5.57 Å². The van der Waals surface area contributed by atoms with Crippen molar-refractivity contribution >= 4 is 0 Å². The first-order chi connectivity index (χ1) is 4.88. The van der Waals surface area contributed by atoms with Gasteiger partial charge < -0.3 is 0 Å². The molecule has 1 nitrogen and oxygen atoms in total. The van der Waals surface area contributed by atoms with Crippen molar-refractivity contribution in [3.8, 4) is 6.07 Å². The second kappa shape index (κ2) is 3.22. The molecule has 1 heteroatoms. The highest BCUT2D eigenvalue weighted by Gasteiger charge is 2.04. The molecule has 1 aliphatic carbocycles. The van der Waals surface area contributed by atoms with Gasteiger partial charge in [-0.25, -0.2) is 0 Å². The predicted octanol–water partition coefficient (Wildman–Crippen LogP) is 2.57. The maximum atomic E-state index is 8.65. The highest BCUT2D eigenvalue weighted by Crippen LogP contribution is 2.19. The Labute approximate surface area is 61.7 Å². The number of allylic oxidation sites excluding steroid dienone is 4. The predicted molar refractivity (Wildman–Crippen MR) is 41.3 cm³/mol. The Hall–Kier alpha value is -1.03. The molecule has 1 rings (SSSR count). The molecule has 0 aliphatic heterocycles. The first-order valence-corrected chi connectivity index (χ1v) is 3.67. The second-order valence-electron chi connectivity index (χ2n) is 2.41. The van der Waals surface area contributed by atoms with E-state index in [1.54, 1.807) is 0 Å². The fourth-order valence-corrected chi connectivity index (χ4v) is 1.17. The van der Waals surface area contributed by atoms with Gasteiger partial charge >= 0.3 is 0 Å². The first kappa shape index (κ1) is 7.08. The van der Waals surface area contributed by atoms with Gasteiger partial charge in [0.25, 0.3) is 0 Å². The van der Waals surface area contributed by atoms with Gasteiger partial charge in [0.2, 0.25) is 0 Å². The monoisotopic (exact) mass is 133 g/mol. The third kappa shape index (κ3) is 1.27. The molecule has 0 aromatic rings. The largest absolute Gasteiger partial charge is 0.193 e. The highest BCUT2D eigenvalue weighted by atomic mass is 14.3. The topological polar surface area (TPSA) is 23.8 Å². The molecule has 1 aliphatic rings. The van der Waals surface area contributed by atoms with Gasteiger partial charge in [-0.2, -0.15) is 5.26 Å². The zero-order valence-electron chi connectivity index (χ0n) is 6.22. The fraction of sp³-hybridized carbons (Fsp3) is 0.444. The Bertz CT molecular complexity index is 215. The summed E-state index contributed by atoms with van der Waals surface area (Å²) in [7, 11) is 0. The minimum Gasteiger partial charge on any atom is -0.193 e. The maximum absolute atomic E-state index is 8.65. The summed E-state index contributed by atoms with van der Waals surface area (Å²) >= 11 is 0. The minimum absolute atomic E-state index is 0.941.